The van der Waals surface area contributed by atoms with E-state index in [0.717, 1.165) is 0 Å². The van der Waals surface area contributed by atoms with Crippen molar-refractivity contribution in [2.45, 2.75) is 6.92 Å². The molecule has 1 saturated heterocycles. The van der Waals surface area contributed by atoms with Gasteiger partial charge < -0.3 is 15.1 Å². The summed E-state index contributed by atoms with van der Waals surface area (Å²) >= 11 is 1.23. The second kappa shape index (κ2) is 7.65. The molecule has 8 heteroatoms. The van der Waals surface area contributed by atoms with Gasteiger partial charge in [-0.15, -0.1) is 11.3 Å². The number of nitrogens with zero attached hydrogens (tertiary/aromatic N) is 2. The molecule has 0 unspecified atom stereocenters. The Labute approximate surface area is 154 Å². The maximum absolute atomic E-state index is 13.0. The van der Waals surface area contributed by atoms with Gasteiger partial charge >= 0.3 is 0 Å². The van der Waals surface area contributed by atoms with Gasteiger partial charge in [0.15, 0.2) is 0 Å². The molecule has 0 saturated carbocycles. The van der Waals surface area contributed by atoms with Crippen molar-refractivity contribution in [3.8, 4) is 0 Å². The van der Waals surface area contributed by atoms with Crippen molar-refractivity contribution >= 4 is 34.1 Å². The van der Waals surface area contributed by atoms with Gasteiger partial charge in [-0.2, -0.15) is 0 Å². The van der Waals surface area contributed by atoms with Gasteiger partial charge in [0.1, 0.15) is 5.82 Å². The summed E-state index contributed by atoms with van der Waals surface area (Å²) in [6.45, 7) is 3.12. The number of amides is 3. The quantitative estimate of drug-likeness (QED) is 0.896. The predicted molar refractivity (Wildman–Crippen MR) is 96.8 cm³/mol. The lowest BCUT2D eigenvalue weighted by Gasteiger charge is -2.34. The van der Waals surface area contributed by atoms with Crippen LogP contribution in [-0.2, 0) is 4.79 Å². The van der Waals surface area contributed by atoms with Crippen LogP contribution in [0.4, 0.5) is 9.39 Å². The minimum absolute atomic E-state index is 0.111. The molecule has 1 aliphatic heterocycles. The third-order valence-corrected chi connectivity index (χ3v) is 5.05. The van der Waals surface area contributed by atoms with E-state index in [1.165, 1.54) is 42.5 Å². The summed E-state index contributed by atoms with van der Waals surface area (Å²) in [5, 5.41) is 3.29. The highest BCUT2D eigenvalue weighted by Crippen LogP contribution is 2.24. The van der Waals surface area contributed by atoms with E-state index in [0.29, 0.717) is 41.6 Å². The van der Waals surface area contributed by atoms with E-state index >= 15 is 0 Å². The molecule has 0 spiro atoms. The van der Waals surface area contributed by atoms with Crippen molar-refractivity contribution in [3.63, 3.8) is 0 Å². The van der Waals surface area contributed by atoms with Crippen LogP contribution in [0.15, 0.2) is 36.4 Å². The van der Waals surface area contributed by atoms with Crippen LogP contribution in [0.1, 0.15) is 27.0 Å². The number of hydrogen-bond donors (Lipinski definition) is 1. The fraction of sp³-hybridized carbons (Fsp3) is 0.278. The molecule has 1 N–H and O–H groups in total. The summed E-state index contributed by atoms with van der Waals surface area (Å²) in [5.74, 6) is -0.841. The highest BCUT2D eigenvalue weighted by Gasteiger charge is 2.26. The molecule has 3 amide bonds. The molecule has 1 aromatic carbocycles. The van der Waals surface area contributed by atoms with Crippen LogP contribution in [0.3, 0.4) is 0 Å². The van der Waals surface area contributed by atoms with E-state index in [9.17, 15) is 18.8 Å². The fourth-order valence-electron chi connectivity index (χ4n) is 2.74. The van der Waals surface area contributed by atoms with Gasteiger partial charge in [-0.1, -0.05) is 0 Å². The minimum atomic E-state index is -0.383. The topological polar surface area (TPSA) is 69.7 Å². The summed E-state index contributed by atoms with van der Waals surface area (Å²) in [7, 11) is 0. The fourth-order valence-corrected chi connectivity index (χ4v) is 3.66. The number of benzene rings is 1. The molecule has 2 heterocycles. The van der Waals surface area contributed by atoms with E-state index in [2.05, 4.69) is 5.32 Å². The van der Waals surface area contributed by atoms with Crippen LogP contribution in [0, 0.1) is 5.82 Å². The largest absolute Gasteiger partial charge is 0.335 e. The Morgan fingerprint density at radius 1 is 0.923 bits per heavy atom. The van der Waals surface area contributed by atoms with Crippen molar-refractivity contribution in [3.05, 3.63) is 52.7 Å². The zero-order valence-corrected chi connectivity index (χ0v) is 15.0. The second-order valence-electron chi connectivity index (χ2n) is 5.94. The Morgan fingerprint density at radius 2 is 1.50 bits per heavy atom. The molecule has 1 fully saturated rings. The molecule has 1 aromatic heterocycles. The van der Waals surface area contributed by atoms with Gasteiger partial charge in [0.05, 0.1) is 9.88 Å². The Kier molecular flexibility index (Phi) is 5.32. The molecule has 0 aliphatic carbocycles. The first-order valence-corrected chi connectivity index (χ1v) is 8.97. The number of anilines is 1. The molecular formula is C18H18FN3O3S. The van der Waals surface area contributed by atoms with Gasteiger partial charge in [-0.05, 0) is 36.4 Å². The van der Waals surface area contributed by atoms with Crippen molar-refractivity contribution < 1.29 is 18.8 Å². The first-order chi connectivity index (χ1) is 12.4. The van der Waals surface area contributed by atoms with Crippen molar-refractivity contribution in [2.24, 2.45) is 0 Å². The summed E-state index contributed by atoms with van der Waals surface area (Å²) < 4.78 is 13.0. The lowest BCUT2D eigenvalue weighted by molar-refractivity contribution is -0.114. The number of piperazine rings is 1. The lowest BCUT2D eigenvalue weighted by atomic mass is 10.1. The van der Waals surface area contributed by atoms with E-state index in [1.807, 2.05) is 0 Å². The normalized spacial score (nSPS) is 14.2. The van der Waals surface area contributed by atoms with Gasteiger partial charge in [0, 0.05) is 38.7 Å². The van der Waals surface area contributed by atoms with Crippen molar-refractivity contribution in [2.75, 3.05) is 31.5 Å². The van der Waals surface area contributed by atoms with E-state index in [-0.39, 0.29) is 23.5 Å². The Bertz CT molecular complexity index is 826. The Balaban J connectivity index is 1.58. The number of rotatable bonds is 3. The van der Waals surface area contributed by atoms with Crippen LogP contribution in [0.25, 0.3) is 0 Å². The monoisotopic (exact) mass is 375 g/mol. The number of carbonyl (C=O) groups is 3. The first kappa shape index (κ1) is 18.1. The highest BCUT2D eigenvalue weighted by atomic mass is 32.1. The third-order valence-electron chi connectivity index (χ3n) is 4.06. The van der Waals surface area contributed by atoms with Gasteiger partial charge in [0.25, 0.3) is 11.8 Å². The maximum Gasteiger partial charge on any atom is 0.264 e. The van der Waals surface area contributed by atoms with Crippen LogP contribution < -0.4 is 5.32 Å². The summed E-state index contributed by atoms with van der Waals surface area (Å²) in [5.41, 5.74) is 0.435. The maximum atomic E-state index is 13.0. The zero-order valence-electron chi connectivity index (χ0n) is 14.2. The average Bonchev–Trinajstić information content (AvgIpc) is 3.09. The SMILES string of the molecule is CC(=O)Nc1ccc(C(=O)N2CCN(C(=O)c3ccc(F)cc3)CC2)s1. The molecule has 1 aliphatic rings. The summed E-state index contributed by atoms with van der Waals surface area (Å²) in [4.78, 5) is 40.0. The number of halogens is 1. The predicted octanol–water partition coefficient (Wildman–Crippen LogP) is 2.44. The minimum Gasteiger partial charge on any atom is -0.335 e. The van der Waals surface area contributed by atoms with Crippen LogP contribution in [0.5, 0.6) is 0 Å². The van der Waals surface area contributed by atoms with Crippen molar-refractivity contribution in [1.82, 2.24) is 9.80 Å². The van der Waals surface area contributed by atoms with Gasteiger partial charge in [-0.25, -0.2) is 4.39 Å². The molecule has 26 heavy (non-hydrogen) atoms. The van der Waals surface area contributed by atoms with E-state index in [4.69, 9.17) is 0 Å². The lowest BCUT2D eigenvalue weighted by Crippen LogP contribution is -2.50. The van der Waals surface area contributed by atoms with Crippen LogP contribution in [-0.4, -0.2) is 53.7 Å². The van der Waals surface area contributed by atoms with Gasteiger partial charge in [0.2, 0.25) is 5.91 Å². The zero-order chi connectivity index (χ0) is 18.7. The number of nitrogens with one attached hydrogen (secondary N) is 1. The first-order valence-electron chi connectivity index (χ1n) is 8.15. The van der Waals surface area contributed by atoms with Crippen LogP contribution >= 0.6 is 11.3 Å². The average molecular weight is 375 g/mol. The third kappa shape index (κ3) is 4.08. The van der Waals surface area contributed by atoms with Crippen molar-refractivity contribution in [1.29, 1.82) is 0 Å². The molecule has 0 bridgehead atoms. The molecule has 0 radical (unpaired) electrons. The molecule has 3 rings (SSSR count). The molecule has 0 atom stereocenters. The smallest absolute Gasteiger partial charge is 0.264 e. The molecule has 136 valence electrons. The molecule has 2 aromatic rings. The second-order valence-corrected chi connectivity index (χ2v) is 7.02. The highest BCUT2D eigenvalue weighted by molar-refractivity contribution is 7.18. The Hall–Kier alpha value is -2.74. The number of carbonyl (C=O) groups excluding carboxylic acids is 3. The Morgan fingerprint density at radius 3 is 2.08 bits per heavy atom. The number of hydrogen-bond acceptors (Lipinski definition) is 4. The summed E-state index contributed by atoms with van der Waals surface area (Å²) in [6.07, 6.45) is 0. The standard InChI is InChI=1S/C18H18FN3O3S/c1-12(23)20-16-7-6-15(26-16)18(25)22-10-8-21(9-11-22)17(24)13-2-4-14(19)5-3-13/h2-7H,8-11H2,1H3,(H,20,23). The molecular weight excluding hydrogens is 357 g/mol. The summed E-state index contributed by atoms with van der Waals surface area (Å²) in [6, 6.07) is 8.84. The van der Waals surface area contributed by atoms with E-state index in [1.54, 1.807) is 21.9 Å². The van der Waals surface area contributed by atoms with E-state index < -0.39 is 0 Å². The number of thiophene rings is 1. The van der Waals surface area contributed by atoms with Crippen LogP contribution in [0.2, 0.25) is 0 Å². The molecule has 6 nitrogen and oxygen atoms in total. The van der Waals surface area contributed by atoms with Gasteiger partial charge in [-0.3, -0.25) is 14.4 Å².